The van der Waals surface area contributed by atoms with E-state index in [2.05, 4.69) is 20.8 Å². The molecule has 2 aromatic carbocycles. The van der Waals surface area contributed by atoms with Crippen LogP contribution in [-0.4, -0.2) is 92.0 Å². The molecule has 0 heterocycles. The van der Waals surface area contributed by atoms with Crippen molar-refractivity contribution < 1.29 is 39.9 Å². The number of hydrogen-bond donors (Lipinski definition) is 6. The number of nitrogens with two attached hydrogens (primary N) is 1. The second-order valence-corrected chi connectivity index (χ2v) is 13.1. The summed E-state index contributed by atoms with van der Waals surface area (Å²) in [5, 5.41) is 57.2. The van der Waals surface area contributed by atoms with E-state index in [1.165, 1.54) is 11.0 Å². The molecule has 0 aromatic heterocycles. The molecule has 3 aliphatic rings. The summed E-state index contributed by atoms with van der Waals surface area (Å²) in [6.45, 7) is 6.25. The largest absolute Gasteiger partial charge is 0.507 e. The minimum absolute atomic E-state index is 0.102. The van der Waals surface area contributed by atoms with E-state index in [1.807, 2.05) is 24.3 Å². The van der Waals surface area contributed by atoms with Crippen molar-refractivity contribution in [3.8, 4) is 5.75 Å². The fraction of sp³-hybridized carbons (Fsp3) is 0.469. The van der Waals surface area contributed by atoms with Gasteiger partial charge in [0, 0.05) is 17.9 Å². The molecule has 224 valence electrons. The number of fused-ring (bicyclic) bond motifs is 3. The van der Waals surface area contributed by atoms with Crippen molar-refractivity contribution in [1.29, 1.82) is 0 Å². The summed E-state index contributed by atoms with van der Waals surface area (Å²) in [6.07, 6.45) is -3.72. The lowest BCUT2D eigenvalue weighted by molar-refractivity contribution is -0.242. The summed E-state index contributed by atoms with van der Waals surface area (Å²) in [5.41, 5.74) is 4.95. The van der Waals surface area contributed by atoms with E-state index in [0.717, 1.165) is 5.56 Å². The highest BCUT2D eigenvalue weighted by molar-refractivity contribution is 6.21. The van der Waals surface area contributed by atoms with Crippen molar-refractivity contribution in [1.82, 2.24) is 4.90 Å². The molecule has 0 aliphatic heterocycles. The summed E-state index contributed by atoms with van der Waals surface area (Å²) < 4.78 is 0. The van der Waals surface area contributed by atoms with E-state index in [9.17, 15) is 39.9 Å². The van der Waals surface area contributed by atoms with Gasteiger partial charge in [-0.25, -0.2) is 0 Å². The van der Waals surface area contributed by atoms with Crippen LogP contribution in [0.5, 0.6) is 5.75 Å². The second-order valence-electron chi connectivity index (χ2n) is 13.1. The number of aromatic hydroxyl groups is 1. The Kier molecular flexibility index (Phi) is 7.23. The zero-order valence-corrected chi connectivity index (χ0v) is 24.2. The number of nitrogens with zero attached hydrogens (tertiary/aromatic N) is 1. The van der Waals surface area contributed by atoms with Crippen LogP contribution in [0, 0.1) is 23.7 Å². The molecule has 1 amide bonds. The third-order valence-corrected chi connectivity index (χ3v) is 9.42. The number of amides is 1. The molecule has 0 bridgehead atoms. The molecule has 42 heavy (non-hydrogen) atoms. The summed E-state index contributed by atoms with van der Waals surface area (Å²) >= 11 is 0. The van der Waals surface area contributed by atoms with Gasteiger partial charge in [-0.05, 0) is 47.8 Å². The second kappa shape index (κ2) is 10.1. The number of hydrogen-bond acceptors (Lipinski definition) is 9. The van der Waals surface area contributed by atoms with E-state index in [-0.39, 0.29) is 16.7 Å². The highest BCUT2D eigenvalue weighted by Crippen LogP contribution is 2.56. The molecule has 9 atom stereocenters. The van der Waals surface area contributed by atoms with Crippen LogP contribution in [0.15, 0.2) is 42.5 Å². The average molecular weight is 579 g/mol. The molecule has 3 aliphatic carbocycles. The molecule has 0 spiro atoms. The fourth-order valence-corrected chi connectivity index (χ4v) is 7.35. The topological polar surface area (TPSA) is 182 Å². The maximum absolute atomic E-state index is 14.3. The minimum Gasteiger partial charge on any atom is -0.507 e. The van der Waals surface area contributed by atoms with Crippen LogP contribution in [0.2, 0.25) is 0 Å². The number of phenols is 1. The highest BCUT2D eigenvalue weighted by Gasteiger charge is 2.72. The van der Waals surface area contributed by atoms with E-state index in [1.54, 1.807) is 32.3 Å². The number of Topliss-reactive ketones (excluding diaryl/α,β-unsaturated/α-hetero) is 2. The third-order valence-electron chi connectivity index (χ3n) is 9.42. The van der Waals surface area contributed by atoms with Crippen molar-refractivity contribution in [2.24, 2.45) is 29.4 Å². The Labute approximate surface area is 244 Å². The number of likely N-dealkylation sites (N-methyl/N-ethyl adjacent to an activating group) is 1. The summed E-state index contributed by atoms with van der Waals surface area (Å²) in [4.78, 5) is 42.0. The number of aliphatic hydroxyl groups excluding tert-OH is 3. The molecule has 0 radical (unpaired) electrons. The maximum Gasteiger partial charge on any atom is 0.225 e. The van der Waals surface area contributed by atoms with Gasteiger partial charge in [-0.3, -0.25) is 14.4 Å². The summed E-state index contributed by atoms with van der Waals surface area (Å²) in [7, 11) is 3.08. The van der Waals surface area contributed by atoms with Gasteiger partial charge in [0.25, 0.3) is 0 Å². The lowest BCUT2D eigenvalue weighted by Crippen LogP contribution is -2.79. The van der Waals surface area contributed by atoms with Crippen molar-refractivity contribution in [2.75, 3.05) is 14.1 Å². The van der Waals surface area contributed by atoms with Gasteiger partial charge in [0.15, 0.2) is 17.2 Å². The zero-order valence-electron chi connectivity index (χ0n) is 24.2. The first kappa shape index (κ1) is 30.1. The van der Waals surface area contributed by atoms with Crippen molar-refractivity contribution in [3.05, 3.63) is 64.7 Å². The van der Waals surface area contributed by atoms with Crippen LogP contribution in [-0.2, 0) is 15.0 Å². The maximum atomic E-state index is 14.3. The van der Waals surface area contributed by atoms with Gasteiger partial charge in [0.05, 0.1) is 29.6 Å². The van der Waals surface area contributed by atoms with Crippen molar-refractivity contribution >= 4 is 29.1 Å². The standard InChI is InChI=1S/C32H38N2O8/c1-31(2,3)15-11-9-14(10-12-15)13-17-16-7-6-8-18(35)19(16)25(36)21-20(17)26(37)23-24(34(4)5)27(38)22(30(33)41)29(40)32(23,42)28(21)39/h6-13,20-24,26-27,29,35,37-38,40,42H,1-5H3,(H2,33,41). The van der Waals surface area contributed by atoms with Gasteiger partial charge in [-0.15, -0.1) is 0 Å². The molecule has 0 saturated heterocycles. The quantitative estimate of drug-likeness (QED) is 0.286. The number of ketones is 2. The number of phenolic OH excluding ortho intramolecular Hbond substituents is 1. The van der Waals surface area contributed by atoms with E-state index < -0.39 is 71.1 Å². The lowest BCUT2D eigenvalue weighted by atomic mass is 9.49. The monoisotopic (exact) mass is 578 g/mol. The van der Waals surface area contributed by atoms with Crippen molar-refractivity contribution in [3.63, 3.8) is 0 Å². The molecule has 10 nitrogen and oxygen atoms in total. The molecule has 9 unspecified atom stereocenters. The zero-order chi connectivity index (χ0) is 31.0. The van der Waals surface area contributed by atoms with Gasteiger partial charge in [0.1, 0.15) is 11.9 Å². The number of carbonyl (C=O) groups is 3. The van der Waals surface area contributed by atoms with Crippen LogP contribution in [0.25, 0.3) is 11.6 Å². The SMILES string of the molecule is CN(C)C1C(O)C(C(N)=O)C(O)C2(O)C(=O)C3C(=O)c4c(O)cccc4C(=Cc4ccc(C(C)(C)C)cc4)C3C(O)C12. The first-order chi connectivity index (χ1) is 19.5. The van der Waals surface area contributed by atoms with E-state index in [4.69, 9.17) is 5.73 Å². The van der Waals surface area contributed by atoms with E-state index >= 15 is 0 Å². The summed E-state index contributed by atoms with van der Waals surface area (Å²) in [5.74, 6) is -9.57. The normalized spacial score (nSPS) is 35.5. The van der Waals surface area contributed by atoms with Crippen LogP contribution < -0.4 is 5.73 Å². The van der Waals surface area contributed by atoms with Crippen molar-refractivity contribution in [2.45, 2.75) is 56.1 Å². The van der Waals surface area contributed by atoms with Gasteiger partial charge < -0.3 is 36.2 Å². The molecular formula is C32H38N2O8. The Balaban J connectivity index is 1.75. The molecule has 5 rings (SSSR count). The predicted octanol–water partition coefficient (Wildman–Crippen LogP) is 0.717. The smallest absolute Gasteiger partial charge is 0.225 e. The minimum atomic E-state index is -2.80. The third kappa shape index (κ3) is 4.24. The van der Waals surface area contributed by atoms with Gasteiger partial charge in [0.2, 0.25) is 5.91 Å². The van der Waals surface area contributed by atoms with Crippen LogP contribution in [0.4, 0.5) is 0 Å². The number of aliphatic hydroxyl groups is 4. The molecule has 7 N–H and O–H groups in total. The van der Waals surface area contributed by atoms with Crippen LogP contribution in [0.1, 0.15) is 47.8 Å². The Morgan fingerprint density at radius 3 is 2.17 bits per heavy atom. The molecule has 10 heteroatoms. The Morgan fingerprint density at radius 1 is 1.00 bits per heavy atom. The lowest BCUT2D eigenvalue weighted by Gasteiger charge is -2.59. The fourth-order valence-electron chi connectivity index (χ4n) is 7.35. The van der Waals surface area contributed by atoms with Crippen LogP contribution in [0.3, 0.4) is 0 Å². The first-order valence-corrected chi connectivity index (χ1v) is 14.0. The molecular weight excluding hydrogens is 540 g/mol. The number of rotatable bonds is 3. The van der Waals surface area contributed by atoms with E-state index in [0.29, 0.717) is 16.7 Å². The average Bonchev–Trinajstić information content (AvgIpc) is 2.89. The first-order valence-electron chi connectivity index (χ1n) is 14.0. The molecule has 2 fully saturated rings. The highest BCUT2D eigenvalue weighted by atomic mass is 16.4. The Morgan fingerprint density at radius 2 is 1.62 bits per heavy atom. The number of carbonyl (C=O) groups excluding carboxylic acids is 3. The van der Waals surface area contributed by atoms with Gasteiger partial charge in [-0.1, -0.05) is 63.2 Å². The summed E-state index contributed by atoms with van der Waals surface area (Å²) in [6, 6.07) is 11.0. The molecule has 2 aromatic rings. The molecule has 2 saturated carbocycles. The Bertz CT molecular complexity index is 1480. The predicted molar refractivity (Wildman–Crippen MR) is 154 cm³/mol. The Hall–Kier alpha value is -3.41. The van der Waals surface area contributed by atoms with Gasteiger partial charge >= 0.3 is 0 Å². The van der Waals surface area contributed by atoms with Gasteiger partial charge in [-0.2, -0.15) is 0 Å². The number of primary amides is 1. The van der Waals surface area contributed by atoms with Crippen LogP contribution >= 0.6 is 0 Å². The number of benzene rings is 2.